The minimum absolute atomic E-state index is 0.0843. The first kappa shape index (κ1) is 26.0. The number of carbonyl (C=O) groups is 2. The van der Waals surface area contributed by atoms with E-state index in [2.05, 4.69) is 13.8 Å². The van der Waals surface area contributed by atoms with E-state index >= 15 is 0 Å². The minimum atomic E-state index is -0.728. The molecular formula is C25H46O4. The van der Waals surface area contributed by atoms with Crippen LogP contribution in [-0.2, 0) is 14.3 Å². The number of esters is 1. The molecule has 0 heterocycles. The van der Waals surface area contributed by atoms with Crippen LogP contribution in [-0.4, -0.2) is 23.7 Å². The summed E-state index contributed by atoms with van der Waals surface area (Å²) in [5, 5.41) is 9.02. The third kappa shape index (κ3) is 12.3. The van der Waals surface area contributed by atoms with Crippen LogP contribution in [0.15, 0.2) is 0 Å². The minimum Gasteiger partial charge on any atom is -0.481 e. The van der Waals surface area contributed by atoms with Crippen molar-refractivity contribution in [3.63, 3.8) is 0 Å². The summed E-state index contributed by atoms with van der Waals surface area (Å²) in [5.41, 5.74) is 0. The Labute approximate surface area is 179 Å². The highest BCUT2D eigenvalue weighted by Gasteiger charge is 2.30. The van der Waals surface area contributed by atoms with E-state index < -0.39 is 5.97 Å². The molecule has 4 heteroatoms. The number of hydrogen-bond acceptors (Lipinski definition) is 3. The van der Waals surface area contributed by atoms with Crippen molar-refractivity contribution < 1.29 is 19.4 Å². The van der Waals surface area contributed by atoms with Gasteiger partial charge >= 0.3 is 11.9 Å². The lowest BCUT2D eigenvalue weighted by molar-refractivity contribution is -0.152. The van der Waals surface area contributed by atoms with E-state index in [0.29, 0.717) is 32.3 Å². The number of unbranched alkanes of at least 4 members (excludes halogenated alkanes) is 7. The zero-order valence-electron chi connectivity index (χ0n) is 19.1. The Hall–Kier alpha value is -1.06. The maximum absolute atomic E-state index is 12.1. The Balaban J connectivity index is 1.96. The van der Waals surface area contributed by atoms with Crippen molar-refractivity contribution in [2.24, 2.45) is 17.8 Å². The number of carboxylic acid groups (broad SMARTS) is 1. The fourth-order valence-electron chi connectivity index (χ4n) is 4.63. The van der Waals surface area contributed by atoms with Gasteiger partial charge in [-0.2, -0.15) is 0 Å². The quantitative estimate of drug-likeness (QED) is 0.204. The SMILES string of the molecule is CCCCCC(CCC)CCCCCCCCOC(=O)C1CCC(C(=O)O)CC1. The van der Waals surface area contributed by atoms with Gasteiger partial charge in [-0.1, -0.05) is 90.9 Å². The van der Waals surface area contributed by atoms with Crippen molar-refractivity contribution in [2.75, 3.05) is 6.61 Å². The summed E-state index contributed by atoms with van der Waals surface area (Å²) in [6.45, 7) is 5.11. The molecule has 0 saturated heterocycles. The molecule has 1 fully saturated rings. The first-order chi connectivity index (χ1) is 14.1. The molecule has 0 bridgehead atoms. The molecule has 1 rings (SSSR count). The van der Waals surface area contributed by atoms with Gasteiger partial charge in [0.25, 0.3) is 0 Å². The average Bonchev–Trinajstić information content (AvgIpc) is 2.72. The van der Waals surface area contributed by atoms with Gasteiger partial charge in [0.2, 0.25) is 0 Å². The van der Waals surface area contributed by atoms with Gasteiger partial charge < -0.3 is 9.84 Å². The molecule has 1 saturated carbocycles. The summed E-state index contributed by atoms with van der Waals surface area (Å²) < 4.78 is 5.42. The van der Waals surface area contributed by atoms with Crippen LogP contribution in [0.25, 0.3) is 0 Å². The number of carbonyl (C=O) groups excluding carboxylic acids is 1. The van der Waals surface area contributed by atoms with E-state index in [1.165, 1.54) is 70.6 Å². The second-order valence-corrected chi connectivity index (χ2v) is 9.11. The van der Waals surface area contributed by atoms with Crippen molar-refractivity contribution in [1.82, 2.24) is 0 Å². The molecule has 0 aromatic carbocycles. The molecule has 1 N–H and O–H groups in total. The number of carboxylic acids is 1. The number of ether oxygens (including phenoxy) is 1. The van der Waals surface area contributed by atoms with Crippen LogP contribution < -0.4 is 0 Å². The number of rotatable bonds is 17. The van der Waals surface area contributed by atoms with Crippen molar-refractivity contribution in [3.8, 4) is 0 Å². The molecule has 170 valence electrons. The summed E-state index contributed by atoms with van der Waals surface area (Å²) in [6, 6.07) is 0. The van der Waals surface area contributed by atoms with Gasteiger partial charge in [0.05, 0.1) is 18.4 Å². The van der Waals surface area contributed by atoms with Crippen molar-refractivity contribution in [1.29, 1.82) is 0 Å². The molecule has 0 radical (unpaired) electrons. The summed E-state index contributed by atoms with van der Waals surface area (Å²) in [6.07, 6.45) is 19.5. The first-order valence-electron chi connectivity index (χ1n) is 12.5. The third-order valence-corrected chi connectivity index (χ3v) is 6.57. The average molecular weight is 411 g/mol. The van der Waals surface area contributed by atoms with E-state index in [9.17, 15) is 9.59 Å². The third-order valence-electron chi connectivity index (χ3n) is 6.57. The summed E-state index contributed by atoms with van der Waals surface area (Å²) in [7, 11) is 0. The highest BCUT2D eigenvalue weighted by atomic mass is 16.5. The summed E-state index contributed by atoms with van der Waals surface area (Å²) >= 11 is 0. The van der Waals surface area contributed by atoms with E-state index in [-0.39, 0.29) is 17.8 Å². The molecule has 1 atom stereocenters. The monoisotopic (exact) mass is 410 g/mol. The van der Waals surface area contributed by atoms with Crippen molar-refractivity contribution in [2.45, 2.75) is 123 Å². The highest BCUT2D eigenvalue weighted by molar-refractivity contribution is 5.74. The Morgan fingerprint density at radius 1 is 0.759 bits per heavy atom. The largest absolute Gasteiger partial charge is 0.481 e. The van der Waals surface area contributed by atoms with Gasteiger partial charge in [-0.15, -0.1) is 0 Å². The number of hydrogen-bond donors (Lipinski definition) is 1. The van der Waals surface area contributed by atoms with Crippen LogP contribution in [0.5, 0.6) is 0 Å². The standard InChI is InChI=1S/C25H46O4/c1-3-5-10-14-21(13-4-2)15-11-8-6-7-9-12-20-29-25(28)23-18-16-22(17-19-23)24(26)27/h21-23H,3-20H2,1-2H3,(H,26,27). The van der Waals surface area contributed by atoms with Crippen LogP contribution in [0.3, 0.4) is 0 Å². The molecule has 0 aliphatic heterocycles. The Kier molecular flexibility index (Phi) is 15.0. The van der Waals surface area contributed by atoms with Crippen LogP contribution >= 0.6 is 0 Å². The van der Waals surface area contributed by atoms with Gasteiger partial charge in [-0.05, 0) is 38.0 Å². The van der Waals surface area contributed by atoms with Crippen molar-refractivity contribution in [3.05, 3.63) is 0 Å². The first-order valence-corrected chi connectivity index (χ1v) is 12.5. The molecule has 4 nitrogen and oxygen atoms in total. The second-order valence-electron chi connectivity index (χ2n) is 9.11. The smallest absolute Gasteiger partial charge is 0.308 e. The van der Waals surface area contributed by atoms with Gasteiger partial charge in [0.15, 0.2) is 0 Å². The van der Waals surface area contributed by atoms with Crippen LogP contribution in [0, 0.1) is 17.8 Å². The van der Waals surface area contributed by atoms with E-state index in [4.69, 9.17) is 9.84 Å². The van der Waals surface area contributed by atoms with Crippen LogP contribution in [0.2, 0.25) is 0 Å². The molecule has 1 unspecified atom stereocenters. The zero-order chi connectivity index (χ0) is 21.3. The Morgan fingerprint density at radius 3 is 1.90 bits per heavy atom. The molecule has 1 aliphatic rings. The summed E-state index contributed by atoms with van der Waals surface area (Å²) in [4.78, 5) is 23.1. The molecule has 0 amide bonds. The molecule has 29 heavy (non-hydrogen) atoms. The number of aliphatic carboxylic acids is 1. The van der Waals surface area contributed by atoms with Crippen LogP contribution in [0.1, 0.15) is 123 Å². The molecule has 0 aromatic rings. The normalized spacial score (nSPS) is 20.3. The zero-order valence-corrected chi connectivity index (χ0v) is 19.1. The maximum Gasteiger partial charge on any atom is 0.308 e. The van der Waals surface area contributed by atoms with Gasteiger partial charge in [-0.3, -0.25) is 9.59 Å². The molecule has 0 spiro atoms. The molecule has 1 aliphatic carbocycles. The fraction of sp³-hybridized carbons (Fsp3) is 0.920. The Morgan fingerprint density at radius 2 is 1.31 bits per heavy atom. The van der Waals surface area contributed by atoms with E-state index in [1.807, 2.05) is 0 Å². The molecule has 0 aromatic heterocycles. The fourth-order valence-corrected chi connectivity index (χ4v) is 4.63. The lowest BCUT2D eigenvalue weighted by Crippen LogP contribution is -2.27. The summed E-state index contributed by atoms with van der Waals surface area (Å²) in [5.74, 6) is -0.253. The lowest BCUT2D eigenvalue weighted by Gasteiger charge is -2.24. The highest BCUT2D eigenvalue weighted by Crippen LogP contribution is 2.29. The lowest BCUT2D eigenvalue weighted by atomic mass is 9.82. The Bertz CT molecular complexity index is 427. The van der Waals surface area contributed by atoms with E-state index in [0.717, 1.165) is 18.8 Å². The second kappa shape index (κ2) is 16.7. The maximum atomic E-state index is 12.1. The van der Waals surface area contributed by atoms with Crippen molar-refractivity contribution >= 4 is 11.9 Å². The van der Waals surface area contributed by atoms with E-state index in [1.54, 1.807) is 0 Å². The van der Waals surface area contributed by atoms with Crippen LogP contribution in [0.4, 0.5) is 0 Å². The predicted octanol–water partition coefficient (Wildman–Crippen LogP) is 7.15. The van der Waals surface area contributed by atoms with Gasteiger partial charge in [0, 0.05) is 0 Å². The molecular weight excluding hydrogens is 364 g/mol. The van der Waals surface area contributed by atoms with Gasteiger partial charge in [0.1, 0.15) is 0 Å². The topological polar surface area (TPSA) is 63.6 Å². The van der Waals surface area contributed by atoms with Gasteiger partial charge in [-0.25, -0.2) is 0 Å². The predicted molar refractivity (Wildman–Crippen MR) is 119 cm³/mol.